The third-order valence-corrected chi connectivity index (χ3v) is 9.23. The standard InChI is InChI=1S/C16H33NO3Si/c1-7-21(8-2,9-3)20-16(14(5)17-6)13(4)11-10-12-15(18)19/h10,12-14,16-17H,7-9,11H2,1-6H3,(H,18,19)/t13-,14+,16-/m1/s1. The Bertz CT molecular complexity index is 321. The molecule has 3 atom stereocenters. The van der Waals surface area contributed by atoms with Crippen LogP contribution in [-0.2, 0) is 9.22 Å². The van der Waals surface area contributed by atoms with Gasteiger partial charge in [0, 0.05) is 12.1 Å². The van der Waals surface area contributed by atoms with Gasteiger partial charge in [0.25, 0.3) is 0 Å². The number of hydrogen-bond acceptors (Lipinski definition) is 3. The molecular weight excluding hydrogens is 282 g/mol. The molecule has 4 nitrogen and oxygen atoms in total. The number of aliphatic carboxylic acids is 1. The van der Waals surface area contributed by atoms with E-state index in [9.17, 15) is 4.79 Å². The lowest BCUT2D eigenvalue weighted by Crippen LogP contribution is -2.49. The maximum absolute atomic E-state index is 10.6. The molecule has 0 aliphatic carbocycles. The minimum absolute atomic E-state index is 0.125. The van der Waals surface area contributed by atoms with Gasteiger partial charge in [-0.25, -0.2) is 4.79 Å². The van der Waals surface area contributed by atoms with Crippen LogP contribution in [0.3, 0.4) is 0 Å². The van der Waals surface area contributed by atoms with Gasteiger partial charge in [-0.2, -0.15) is 0 Å². The van der Waals surface area contributed by atoms with E-state index in [0.717, 1.165) is 24.6 Å². The fourth-order valence-corrected chi connectivity index (χ4v) is 5.70. The Hall–Kier alpha value is -0.653. The largest absolute Gasteiger partial charge is 0.478 e. The van der Waals surface area contributed by atoms with Crippen LogP contribution in [0.4, 0.5) is 0 Å². The smallest absolute Gasteiger partial charge is 0.327 e. The number of carboxylic acids is 1. The molecule has 21 heavy (non-hydrogen) atoms. The number of hydrogen-bond donors (Lipinski definition) is 2. The van der Waals surface area contributed by atoms with Crippen LogP contribution in [0, 0.1) is 5.92 Å². The van der Waals surface area contributed by atoms with Gasteiger partial charge in [0.2, 0.25) is 0 Å². The van der Waals surface area contributed by atoms with Gasteiger partial charge in [0.05, 0.1) is 6.10 Å². The lowest BCUT2D eigenvalue weighted by atomic mass is 9.95. The van der Waals surface area contributed by atoms with E-state index >= 15 is 0 Å². The normalized spacial score (nSPS) is 16.9. The highest BCUT2D eigenvalue weighted by Crippen LogP contribution is 2.28. The quantitative estimate of drug-likeness (QED) is 0.451. The first-order valence-electron chi connectivity index (χ1n) is 8.10. The van der Waals surface area contributed by atoms with E-state index in [0.29, 0.717) is 5.92 Å². The predicted octanol–water partition coefficient (Wildman–Crippen LogP) is 3.65. The molecule has 5 heteroatoms. The summed E-state index contributed by atoms with van der Waals surface area (Å²) < 4.78 is 6.65. The highest BCUT2D eigenvalue weighted by atomic mass is 28.4. The van der Waals surface area contributed by atoms with Crippen LogP contribution >= 0.6 is 0 Å². The average Bonchev–Trinajstić information content (AvgIpc) is 2.48. The van der Waals surface area contributed by atoms with E-state index in [1.807, 2.05) is 7.05 Å². The van der Waals surface area contributed by atoms with E-state index in [-0.39, 0.29) is 12.1 Å². The number of carboxylic acid groups (broad SMARTS) is 1. The zero-order valence-corrected chi connectivity index (χ0v) is 15.5. The minimum atomic E-state index is -1.66. The topological polar surface area (TPSA) is 58.6 Å². The van der Waals surface area contributed by atoms with Crippen LogP contribution in [-0.4, -0.2) is 38.6 Å². The van der Waals surface area contributed by atoms with Crippen LogP contribution < -0.4 is 5.32 Å². The zero-order chi connectivity index (χ0) is 16.5. The zero-order valence-electron chi connectivity index (χ0n) is 14.5. The van der Waals surface area contributed by atoms with Gasteiger partial charge in [-0.15, -0.1) is 0 Å². The summed E-state index contributed by atoms with van der Waals surface area (Å²) in [6, 6.07) is 3.65. The van der Waals surface area contributed by atoms with Crippen LogP contribution in [0.15, 0.2) is 12.2 Å². The molecule has 0 unspecified atom stereocenters. The van der Waals surface area contributed by atoms with E-state index in [4.69, 9.17) is 9.53 Å². The Morgan fingerprint density at radius 3 is 2.14 bits per heavy atom. The Morgan fingerprint density at radius 1 is 1.24 bits per heavy atom. The Morgan fingerprint density at radius 2 is 1.76 bits per heavy atom. The summed E-state index contributed by atoms with van der Waals surface area (Å²) in [5.41, 5.74) is 0. The van der Waals surface area contributed by atoms with Crippen molar-refractivity contribution in [1.29, 1.82) is 0 Å². The molecule has 0 aromatic carbocycles. The molecular formula is C16H33NO3Si. The van der Waals surface area contributed by atoms with Gasteiger partial charge in [-0.1, -0.05) is 33.8 Å². The van der Waals surface area contributed by atoms with Crippen molar-refractivity contribution in [3.8, 4) is 0 Å². The average molecular weight is 316 g/mol. The van der Waals surface area contributed by atoms with Gasteiger partial charge < -0.3 is 14.8 Å². The van der Waals surface area contributed by atoms with Gasteiger partial charge in [0.15, 0.2) is 8.32 Å². The molecule has 0 fully saturated rings. The second-order valence-electron chi connectivity index (χ2n) is 5.86. The first-order valence-corrected chi connectivity index (χ1v) is 10.6. The Labute approximate surface area is 131 Å². The molecule has 0 aromatic rings. The second-order valence-corrected chi connectivity index (χ2v) is 10.6. The van der Waals surface area contributed by atoms with E-state index in [2.05, 4.69) is 39.9 Å². The van der Waals surface area contributed by atoms with Crippen molar-refractivity contribution in [2.75, 3.05) is 7.05 Å². The maximum atomic E-state index is 10.6. The van der Waals surface area contributed by atoms with Crippen molar-refractivity contribution in [2.45, 2.75) is 71.3 Å². The number of rotatable bonds is 11. The van der Waals surface area contributed by atoms with Crippen molar-refractivity contribution >= 4 is 14.3 Å². The monoisotopic (exact) mass is 315 g/mol. The summed E-state index contributed by atoms with van der Waals surface area (Å²) >= 11 is 0. The molecule has 124 valence electrons. The summed E-state index contributed by atoms with van der Waals surface area (Å²) in [7, 11) is 0.289. The fourth-order valence-electron chi connectivity index (χ4n) is 2.68. The lowest BCUT2D eigenvalue weighted by molar-refractivity contribution is -0.131. The van der Waals surface area contributed by atoms with Crippen LogP contribution in [0.2, 0.25) is 18.1 Å². The van der Waals surface area contributed by atoms with Crippen molar-refractivity contribution < 1.29 is 14.3 Å². The van der Waals surface area contributed by atoms with Crippen LogP contribution in [0.25, 0.3) is 0 Å². The van der Waals surface area contributed by atoms with Crippen molar-refractivity contribution in [3.63, 3.8) is 0 Å². The van der Waals surface area contributed by atoms with Gasteiger partial charge in [-0.3, -0.25) is 0 Å². The molecule has 0 saturated heterocycles. The Balaban J connectivity index is 4.98. The van der Waals surface area contributed by atoms with Crippen molar-refractivity contribution in [2.24, 2.45) is 5.92 Å². The second kappa shape index (κ2) is 10.1. The van der Waals surface area contributed by atoms with Crippen LogP contribution in [0.5, 0.6) is 0 Å². The summed E-state index contributed by atoms with van der Waals surface area (Å²) in [6.07, 6.45) is 3.81. The van der Waals surface area contributed by atoms with Gasteiger partial charge >= 0.3 is 5.97 Å². The van der Waals surface area contributed by atoms with Gasteiger partial charge in [0.1, 0.15) is 0 Å². The highest BCUT2D eigenvalue weighted by molar-refractivity contribution is 6.73. The molecule has 0 aliphatic heterocycles. The molecule has 0 radical (unpaired) electrons. The number of allylic oxidation sites excluding steroid dienone is 1. The van der Waals surface area contributed by atoms with E-state index in [1.165, 1.54) is 6.08 Å². The first-order chi connectivity index (χ1) is 9.85. The molecule has 0 rings (SSSR count). The molecule has 0 bridgehead atoms. The third kappa shape index (κ3) is 6.76. The molecule has 0 spiro atoms. The highest BCUT2D eigenvalue weighted by Gasteiger charge is 2.35. The maximum Gasteiger partial charge on any atom is 0.327 e. The van der Waals surface area contributed by atoms with Crippen molar-refractivity contribution in [1.82, 2.24) is 5.32 Å². The summed E-state index contributed by atoms with van der Waals surface area (Å²) in [5.74, 6) is -0.597. The van der Waals surface area contributed by atoms with E-state index in [1.54, 1.807) is 6.08 Å². The van der Waals surface area contributed by atoms with Gasteiger partial charge in [-0.05, 0) is 44.4 Å². The summed E-state index contributed by atoms with van der Waals surface area (Å²) in [5, 5.41) is 12.0. The summed E-state index contributed by atoms with van der Waals surface area (Å²) in [6.45, 7) is 11.0. The summed E-state index contributed by atoms with van der Waals surface area (Å²) in [4.78, 5) is 10.6. The van der Waals surface area contributed by atoms with Crippen LogP contribution in [0.1, 0.15) is 41.0 Å². The fraction of sp³-hybridized carbons (Fsp3) is 0.812. The predicted molar refractivity (Wildman–Crippen MR) is 91.1 cm³/mol. The molecule has 0 amide bonds. The molecule has 0 aromatic heterocycles. The number of likely N-dealkylation sites (N-methyl/N-ethyl adjacent to an activating group) is 1. The number of carbonyl (C=O) groups is 1. The van der Waals surface area contributed by atoms with E-state index < -0.39 is 14.3 Å². The minimum Gasteiger partial charge on any atom is -0.478 e. The molecule has 0 saturated carbocycles. The number of nitrogens with one attached hydrogen (secondary N) is 1. The lowest BCUT2D eigenvalue weighted by Gasteiger charge is -2.38. The molecule has 0 aliphatic rings. The first kappa shape index (κ1) is 20.3. The SMILES string of the molecule is CC[Si](CC)(CC)O[C@H]([C@H](C)CC=CC(=O)O)[C@H](C)NC. The molecule has 0 heterocycles. The van der Waals surface area contributed by atoms with Crippen molar-refractivity contribution in [3.05, 3.63) is 12.2 Å². The molecule has 2 N–H and O–H groups in total. The third-order valence-electron chi connectivity index (χ3n) is 4.60. The Kier molecular flexibility index (Phi) is 9.82.